The number of nitrogens with one attached hydrogen (secondary N) is 1. The van der Waals surface area contributed by atoms with Crippen LogP contribution in [0.4, 0.5) is 5.69 Å². The van der Waals surface area contributed by atoms with Crippen LogP contribution in [0, 0.1) is 5.92 Å². The van der Waals surface area contributed by atoms with Gasteiger partial charge in [-0.25, -0.2) is 14.6 Å². The van der Waals surface area contributed by atoms with Crippen LogP contribution in [0.1, 0.15) is 57.9 Å². The third kappa shape index (κ3) is 3.25. The van der Waals surface area contributed by atoms with Crippen LogP contribution in [0.3, 0.4) is 0 Å². The van der Waals surface area contributed by atoms with E-state index in [1.54, 1.807) is 6.33 Å². The molecule has 3 unspecified atom stereocenters. The molecular weight excluding hydrogens is 314 g/mol. The predicted octanol–water partition coefficient (Wildman–Crippen LogP) is 4.38. The number of fused-ring (bicyclic) bond motifs is 1. The van der Waals surface area contributed by atoms with Gasteiger partial charge in [0.25, 0.3) is 0 Å². The van der Waals surface area contributed by atoms with E-state index in [9.17, 15) is 0 Å². The van der Waals surface area contributed by atoms with Crippen LogP contribution in [-0.2, 0) is 0 Å². The molecule has 1 aliphatic rings. The molecule has 0 radical (unpaired) electrons. The minimum atomic E-state index is 0.292. The van der Waals surface area contributed by atoms with Crippen molar-refractivity contribution < 1.29 is 4.42 Å². The lowest BCUT2D eigenvalue weighted by molar-refractivity contribution is 0.244. The fraction of sp³-hybridized carbons (Fsp3) is 0.526. The molecule has 25 heavy (non-hydrogen) atoms. The maximum absolute atomic E-state index is 5.81. The first kappa shape index (κ1) is 16.1. The third-order valence-corrected chi connectivity index (χ3v) is 5.11. The standard InChI is InChI=1S/C19H25N5O/c1-12(2)19-23-16-9-14(5-7-18(16)25-19)22-15-6-4-13(3)8-17(15)24-11-20-10-21-24/h5,7,9-13,15,17,22H,4,6,8H2,1-3H3. The molecule has 6 heteroatoms. The van der Waals surface area contributed by atoms with Gasteiger partial charge in [0.1, 0.15) is 18.2 Å². The maximum Gasteiger partial charge on any atom is 0.198 e. The Hall–Kier alpha value is -2.37. The Morgan fingerprint density at radius 3 is 2.92 bits per heavy atom. The largest absolute Gasteiger partial charge is 0.440 e. The van der Waals surface area contributed by atoms with Crippen LogP contribution in [0.25, 0.3) is 11.1 Å². The third-order valence-electron chi connectivity index (χ3n) is 5.11. The van der Waals surface area contributed by atoms with Gasteiger partial charge < -0.3 is 9.73 Å². The topological polar surface area (TPSA) is 68.8 Å². The Kier molecular flexibility index (Phi) is 4.19. The van der Waals surface area contributed by atoms with E-state index in [4.69, 9.17) is 4.42 Å². The van der Waals surface area contributed by atoms with E-state index in [1.807, 2.05) is 17.1 Å². The molecule has 0 aliphatic heterocycles. The molecule has 3 atom stereocenters. The summed E-state index contributed by atoms with van der Waals surface area (Å²) in [5.74, 6) is 1.79. The van der Waals surface area contributed by atoms with Crippen LogP contribution in [0.15, 0.2) is 35.3 Å². The van der Waals surface area contributed by atoms with Crippen molar-refractivity contribution in [2.75, 3.05) is 5.32 Å². The molecule has 3 aromatic rings. The van der Waals surface area contributed by atoms with Crippen LogP contribution < -0.4 is 5.32 Å². The van der Waals surface area contributed by atoms with Crippen LogP contribution >= 0.6 is 0 Å². The molecule has 0 spiro atoms. The molecule has 2 heterocycles. The van der Waals surface area contributed by atoms with Gasteiger partial charge in [0.2, 0.25) is 0 Å². The lowest BCUT2D eigenvalue weighted by Crippen LogP contribution is -2.36. The van der Waals surface area contributed by atoms with Crippen molar-refractivity contribution >= 4 is 16.8 Å². The van der Waals surface area contributed by atoms with E-state index in [0.717, 1.165) is 35.5 Å². The zero-order valence-corrected chi connectivity index (χ0v) is 15.0. The summed E-state index contributed by atoms with van der Waals surface area (Å²) in [6, 6.07) is 6.83. The minimum absolute atomic E-state index is 0.292. The second-order valence-electron chi connectivity index (χ2n) is 7.50. The molecule has 132 valence electrons. The summed E-state index contributed by atoms with van der Waals surface area (Å²) >= 11 is 0. The van der Waals surface area contributed by atoms with Gasteiger partial charge in [0, 0.05) is 17.6 Å². The van der Waals surface area contributed by atoms with Crippen molar-refractivity contribution in [2.24, 2.45) is 5.92 Å². The average molecular weight is 339 g/mol. The molecule has 1 aromatic carbocycles. The molecule has 1 N–H and O–H groups in total. The SMILES string of the molecule is CC1CCC(Nc2ccc3oc(C(C)C)nc3c2)C(n2cncn2)C1. The molecule has 2 aromatic heterocycles. The number of hydrogen-bond donors (Lipinski definition) is 1. The lowest BCUT2D eigenvalue weighted by atomic mass is 9.83. The maximum atomic E-state index is 5.81. The number of anilines is 1. The minimum Gasteiger partial charge on any atom is -0.440 e. The highest BCUT2D eigenvalue weighted by molar-refractivity contribution is 5.77. The number of nitrogens with zero attached hydrogens (tertiary/aromatic N) is 4. The smallest absolute Gasteiger partial charge is 0.198 e. The summed E-state index contributed by atoms with van der Waals surface area (Å²) in [6.07, 6.45) is 6.91. The van der Waals surface area contributed by atoms with Gasteiger partial charge >= 0.3 is 0 Å². The van der Waals surface area contributed by atoms with E-state index in [-0.39, 0.29) is 0 Å². The summed E-state index contributed by atoms with van der Waals surface area (Å²) in [6.45, 7) is 6.50. The number of hydrogen-bond acceptors (Lipinski definition) is 5. The highest BCUT2D eigenvalue weighted by Gasteiger charge is 2.30. The normalized spacial score (nSPS) is 24.1. The fourth-order valence-electron chi connectivity index (χ4n) is 3.70. The van der Waals surface area contributed by atoms with E-state index in [0.29, 0.717) is 23.9 Å². The van der Waals surface area contributed by atoms with Crippen LogP contribution in [0.5, 0.6) is 0 Å². The zero-order valence-electron chi connectivity index (χ0n) is 15.0. The summed E-state index contributed by atoms with van der Waals surface area (Å²) in [4.78, 5) is 8.74. The van der Waals surface area contributed by atoms with Gasteiger partial charge in [-0.1, -0.05) is 20.8 Å². The van der Waals surface area contributed by atoms with Crippen molar-refractivity contribution in [3.05, 3.63) is 36.7 Å². The van der Waals surface area contributed by atoms with E-state index in [1.165, 1.54) is 6.42 Å². The molecule has 0 bridgehead atoms. The molecule has 1 saturated carbocycles. The monoisotopic (exact) mass is 339 g/mol. The van der Waals surface area contributed by atoms with E-state index < -0.39 is 0 Å². The summed E-state index contributed by atoms with van der Waals surface area (Å²) in [7, 11) is 0. The zero-order chi connectivity index (χ0) is 17.4. The molecular formula is C19H25N5O. The highest BCUT2D eigenvalue weighted by Crippen LogP contribution is 2.34. The average Bonchev–Trinajstić information content (AvgIpc) is 3.25. The van der Waals surface area contributed by atoms with Crippen LogP contribution in [-0.4, -0.2) is 25.8 Å². The Bertz CT molecular complexity index is 839. The van der Waals surface area contributed by atoms with Crippen molar-refractivity contribution in [2.45, 2.75) is 58.0 Å². The molecule has 1 aliphatic carbocycles. The van der Waals surface area contributed by atoms with Gasteiger partial charge in [-0.05, 0) is 43.4 Å². The Balaban J connectivity index is 1.58. The van der Waals surface area contributed by atoms with Crippen molar-refractivity contribution in [3.8, 4) is 0 Å². The van der Waals surface area contributed by atoms with Crippen molar-refractivity contribution in [1.29, 1.82) is 0 Å². The fourth-order valence-corrected chi connectivity index (χ4v) is 3.70. The van der Waals surface area contributed by atoms with Crippen molar-refractivity contribution in [1.82, 2.24) is 19.7 Å². The molecule has 0 amide bonds. The molecule has 1 fully saturated rings. The van der Waals surface area contributed by atoms with Gasteiger partial charge in [-0.3, -0.25) is 0 Å². The second kappa shape index (κ2) is 6.50. The number of oxazole rings is 1. The Labute approximate surface area is 147 Å². The lowest BCUT2D eigenvalue weighted by Gasteiger charge is -2.35. The number of rotatable bonds is 4. The van der Waals surface area contributed by atoms with E-state index >= 15 is 0 Å². The first-order chi connectivity index (χ1) is 12.1. The molecule has 0 saturated heterocycles. The first-order valence-corrected chi connectivity index (χ1v) is 9.11. The highest BCUT2D eigenvalue weighted by atomic mass is 16.3. The van der Waals surface area contributed by atoms with Gasteiger partial charge in [0.05, 0.1) is 6.04 Å². The summed E-state index contributed by atoms with van der Waals surface area (Å²) < 4.78 is 7.81. The second-order valence-corrected chi connectivity index (χ2v) is 7.50. The summed E-state index contributed by atoms with van der Waals surface area (Å²) in [5.41, 5.74) is 2.84. The number of benzene rings is 1. The summed E-state index contributed by atoms with van der Waals surface area (Å²) in [5, 5.41) is 8.08. The van der Waals surface area contributed by atoms with Gasteiger partial charge in [-0.15, -0.1) is 0 Å². The molecule has 6 nitrogen and oxygen atoms in total. The van der Waals surface area contributed by atoms with Crippen molar-refractivity contribution in [3.63, 3.8) is 0 Å². The Morgan fingerprint density at radius 2 is 2.16 bits per heavy atom. The first-order valence-electron chi connectivity index (χ1n) is 9.11. The quantitative estimate of drug-likeness (QED) is 0.763. The van der Waals surface area contributed by atoms with Gasteiger partial charge in [-0.2, -0.15) is 5.10 Å². The molecule has 4 rings (SSSR count). The Morgan fingerprint density at radius 1 is 1.28 bits per heavy atom. The number of aromatic nitrogens is 4. The van der Waals surface area contributed by atoms with Gasteiger partial charge in [0.15, 0.2) is 11.5 Å². The predicted molar refractivity (Wildman–Crippen MR) is 97.6 cm³/mol. The van der Waals surface area contributed by atoms with Crippen LogP contribution in [0.2, 0.25) is 0 Å². The van der Waals surface area contributed by atoms with E-state index in [2.05, 4.69) is 53.3 Å².